The summed E-state index contributed by atoms with van der Waals surface area (Å²) in [5.41, 5.74) is -1.54. The number of nitrogens with one attached hydrogen (secondary N) is 1. The minimum absolute atomic E-state index is 0.112. The van der Waals surface area contributed by atoms with Crippen molar-refractivity contribution in [3.8, 4) is 0 Å². The second kappa shape index (κ2) is 11.2. The van der Waals surface area contributed by atoms with Gasteiger partial charge in [-0.25, -0.2) is 0 Å². The van der Waals surface area contributed by atoms with Gasteiger partial charge < -0.3 is 20.6 Å². The summed E-state index contributed by atoms with van der Waals surface area (Å²) < 4.78 is 0. The van der Waals surface area contributed by atoms with E-state index in [2.05, 4.69) is 5.32 Å². The van der Waals surface area contributed by atoms with Crippen LogP contribution in [0.5, 0.6) is 0 Å². The van der Waals surface area contributed by atoms with Crippen molar-refractivity contribution in [2.24, 2.45) is 23.7 Å². The summed E-state index contributed by atoms with van der Waals surface area (Å²) in [5.74, 6) is -1.22. The van der Waals surface area contributed by atoms with E-state index in [4.69, 9.17) is 0 Å². The average Bonchev–Trinajstić information content (AvgIpc) is 2.81. The molecule has 29 heavy (non-hydrogen) atoms. The fraction of sp³-hybridized carbons (Fsp3) is 0.826. The first-order valence-electron chi connectivity index (χ1n) is 11.0. The maximum atomic E-state index is 13.4. The molecular formula is C23H41NO5. The predicted molar refractivity (Wildman–Crippen MR) is 114 cm³/mol. The maximum Gasteiger partial charge on any atom is 0.202 e. The minimum atomic E-state index is -2.18. The molecule has 0 heterocycles. The van der Waals surface area contributed by atoms with Crippen LogP contribution in [0.2, 0.25) is 0 Å². The highest BCUT2D eigenvalue weighted by Crippen LogP contribution is 2.43. The number of ketones is 2. The molecule has 3 atom stereocenters. The molecular weight excluding hydrogens is 370 g/mol. The van der Waals surface area contributed by atoms with Crippen LogP contribution in [0.1, 0.15) is 73.6 Å². The van der Waals surface area contributed by atoms with Gasteiger partial charge in [0.15, 0.2) is 11.4 Å². The van der Waals surface area contributed by atoms with Crippen LogP contribution >= 0.6 is 0 Å². The van der Waals surface area contributed by atoms with Crippen LogP contribution in [0.3, 0.4) is 0 Å². The van der Waals surface area contributed by atoms with Crippen molar-refractivity contribution in [2.45, 2.75) is 85.4 Å². The van der Waals surface area contributed by atoms with E-state index in [1.165, 1.54) is 0 Å². The molecule has 0 saturated heterocycles. The number of carbonyl (C=O) groups excluding carboxylic acids is 2. The number of aliphatic hydroxyl groups is 3. The van der Waals surface area contributed by atoms with Gasteiger partial charge in [-0.15, -0.1) is 0 Å². The molecule has 4 N–H and O–H groups in total. The number of hydrogen-bond donors (Lipinski definition) is 4. The third kappa shape index (κ3) is 6.37. The predicted octanol–water partition coefficient (Wildman–Crippen LogP) is 2.60. The molecule has 1 unspecified atom stereocenters. The Balaban J connectivity index is 3.41. The van der Waals surface area contributed by atoms with Gasteiger partial charge in [0.05, 0.1) is 12.7 Å². The first kappa shape index (κ1) is 25.8. The van der Waals surface area contributed by atoms with E-state index < -0.39 is 29.2 Å². The SMILES string of the molecule is CC(C)CCC(=O)[C@@]1(O)C(=O)/C(=C(\CC(C)C)NCCO)C(O)[C@@H]1CCC(C)C. The Kier molecular flexibility index (Phi) is 9.99. The zero-order chi connectivity index (χ0) is 22.4. The Morgan fingerprint density at radius 2 is 1.66 bits per heavy atom. The molecule has 1 saturated carbocycles. The van der Waals surface area contributed by atoms with Crippen molar-refractivity contribution in [3.05, 3.63) is 11.3 Å². The molecule has 1 rings (SSSR count). The molecule has 1 fully saturated rings. The van der Waals surface area contributed by atoms with Crippen molar-refractivity contribution in [1.29, 1.82) is 0 Å². The standard InChI is InChI=1S/C23H41NO5/c1-14(2)7-9-17-21(27)20(18(13-16(5)6)24-11-12-25)22(28)23(17,29)19(26)10-8-15(3)4/h14-17,21,24-25,27,29H,7-13H2,1-6H3/b20-18+/t17-,21?,23+/m0/s1. The Hall–Kier alpha value is -1.24. The topological polar surface area (TPSA) is 107 Å². The van der Waals surface area contributed by atoms with Crippen LogP contribution in [0.4, 0.5) is 0 Å². The van der Waals surface area contributed by atoms with Crippen molar-refractivity contribution < 1.29 is 24.9 Å². The highest BCUT2D eigenvalue weighted by atomic mass is 16.3. The Labute approximate surface area is 175 Å². The van der Waals surface area contributed by atoms with E-state index in [9.17, 15) is 24.9 Å². The number of carbonyl (C=O) groups is 2. The Morgan fingerprint density at radius 3 is 2.14 bits per heavy atom. The number of aliphatic hydroxyl groups excluding tert-OH is 2. The number of allylic oxidation sites excluding steroid dienone is 1. The molecule has 168 valence electrons. The van der Waals surface area contributed by atoms with Crippen LogP contribution in [0.25, 0.3) is 0 Å². The van der Waals surface area contributed by atoms with Gasteiger partial charge >= 0.3 is 0 Å². The van der Waals surface area contributed by atoms with Crippen molar-refractivity contribution in [1.82, 2.24) is 5.32 Å². The van der Waals surface area contributed by atoms with Crippen LogP contribution in [-0.4, -0.2) is 51.7 Å². The molecule has 0 bridgehead atoms. The first-order chi connectivity index (χ1) is 13.5. The van der Waals surface area contributed by atoms with Gasteiger partial charge in [0.2, 0.25) is 5.78 Å². The fourth-order valence-electron chi connectivity index (χ4n) is 3.97. The quantitative estimate of drug-likeness (QED) is 0.290. The van der Waals surface area contributed by atoms with E-state index in [0.29, 0.717) is 37.3 Å². The van der Waals surface area contributed by atoms with Crippen LogP contribution in [-0.2, 0) is 9.59 Å². The van der Waals surface area contributed by atoms with Crippen LogP contribution in [0.15, 0.2) is 11.3 Å². The summed E-state index contributed by atoms with van der Waals surface area (Å²) in [6.07, 6.45) is 1.09. The van der Waals surface area contributed by atoms with Gasteiger partial charge in [-0.2, -0.15) is 0 Å². The van der Waals surface area contributed by atoms with E-state index in [1.807, 2.05) is 41.5 Å². The molecule has 0 aromatic heterocycles. The summed E-state index contributed by atoms with van der Waals surface area (Å²) in [6.45, 7) is 12.1. The molecule has 6 heteroatoms. The zero-order valence-corrected chi connectivity index (χ0v) is 19.0. The molecule has 0 aliphatic heterocycles. The van der Waals surface area contributed by atoms with Gasteiger partial charge in [0.25, 0.3) is 0 Å². The van der Waals surface area contributed by atoms with Gasteiger partial charge in [-0.1, -0.05) is 48.0 Å². The lowest BCUT2D eigenvalue weighted by Gasteiger charge is -2.28. The Morgan fingerprint density at radius 1 is 1.07 bits per heavy atom. The van der Waals surface area contributed by atoms with Crippen molar-refractivity contribution >= 4 is 11.6 Å². The molecule has 1 aliphatic rings. The lowest BCUT2D eigenvalue weighted by atomic mass is 9.79. The average molecular weight is 412 g/mol. The molecule has 0 spiro atoms. The highest BCUT2D eigenvalue weighted by molar-refractivity contribution is 6.20. The molecule has 0 amide bonds. The first-order valence-corrected chi connectivity index (χ1v) is 11.0. The summed E-state index contributed by atoms with van der Waals surface area (Å²) in [4.78, 5) is 26.4. The second-order valence-corrected chi connectivity index (χ2v) is 9.61. The highest BCUT2D eigenvalue weighted by Gasteiger charge is 2.60. The van der Waals surface area contributed by atoms with E-state index in [0.717, 1.165) is 0 Å². The molecule has 0 radical (unpaired) electrons. The van der Waals surface area contributed by atoms with E-state index >= 15 is 0 Å². The number of Topliss-reactive ketones (excluding diaryl/α,β-unsaturated/α-hetero) is 2. The van der Waals surface area contributed by atoms with Crippen LogP contribution in [0, 0.1) is 23.7 Å². The van der Waals surface area contributed by atoms with E-state index in [1.54, 1.807) is 0 Å². The van der Waals surface area contributed by atoms with Gasteiger partial charge in [0.1, 0.15) is 0 Å². The van der Waals surface area contributed by atoms with Gasteiger partial charge in [-0.3, -0.25) is 9.59 Å². The molecule has 0 aromatic rings. The lowest BCUT2D eigenvalue weighted by molar-refractivity contribution is -0.153. The molecule has 0 aromatic carbocycles. The summed E-state index contributed by atoms with van der Waals surface area (Å²) >= 11 is 0. The third-order valence-corrected chi connectivity index (χ3v) is 5.62. The number of hydrogen-bond acceptors (Lipinski definition) is 6. The van der Waals surface area contributed by atoms with Crippen molar-refractivity contribution in [3.63, 3.8) is 0 Å². The summed E-state index contributed by atoms with van der Waals surface area (Å²) in [5, 5.41) is 34.7. The molecule has 1 aliphatic carbocycles. The minimum Gasteiger partial charge on any atom is -0.395 e. The maximum absolute atomic E-state index is 13.4. The third-order valence-electron chi connectivity index (χ3n) is 5.62. The largest absolute Gasteiger partial charge is 0.395 e. The lowest BCUT2D eigenvalue weighted by Crippen LogP contribution is -2.49. The normalized spacial score (nSPS) is 26.7. The number of rotatable bonds is 12. The monoisotopic (exact) mass is 411 g/mol. The zero-order valence-electron chi connectivity index (χ0n) is 19.0. The van der Waals surface area contributed by atoms with Crippen LogP contribution < -0.4 is 5.32 Å². The second-order valence-electron chi connectivity index (χ2n) is 9.61. The fourth-order valence-corrected chi connectivity index (χ4v) is 3.97. The Bertz CT molecular complexity index is 596. The summed E-state index contributed by atoms with van der Waals surface area (Å²) in [6, 6.07) is 0. The van der Waals surface area contributed by atoms with Crippen molar-refractivity contribution in [2.75, 3.05) is 13.2 Å². The molecule has 6 nitrogen and oxygen atoms in total. The summed E-state index contributed by atoms with van der Waals surface area (Å²) in [7, 11) is 0. The van der Waals surface area contributed by atoms with E-state index in [-0.39, 0.29) is 37.0 Å². The van der Waals surface area contributed by atoms with Gasteiger partial charge in [-0.05, 0) is 37.0 Å². The van der Waals surface area contributed by atoms with Gasteiger partial charge in [0, 0.05) is 30.2 Å². The smallest absolute Gasteiger partial charge is 0.202 e.